The van der Waals surface area contributed by atoms with Crippen LogP contribution in [0.25, 0.3) is 17.9 Å². The zero-order valence-corrected chi connectivity index (χ0v) is 24.8. The minimum absolute atomic E-state index is 0.0323. The molecule has 6 nitrogen and oxygen atoms in total. The van der Waals surface area contributed by atoms with Gasteiger partial charge in [-0.05, 0) is 112 Å². The second kappa shape index (κ2) is 10.5. The summed E-state index contributed by atoms with van der Waals surface area (Å²) in [6.45, 7) is 15.8. The highest BCUT2D eigenvalue weighted by Crippen LogP contribution is 2.35. The number of aliphatic hydroxyl groups excluding tert-OH is 1. The van der Waals surface area contributed by atoms with Gasteiger partial charge in [0.2, 0.25) is 0 Å². The van der Waals surface area contributed by atoms with Gasteiger partial charge in [0.25, 0.3) is 0 Å². The van der Waals surface area contributed by atoms with Crippen molar-refractivity contribution in [1.29, 1.82) is 0 Å². The van der Waals surface area contributed by atoms with Crippen molar-refractivity contribution in [1.82, 2.24) is 4.98 Å². The lowest BCUT2D eigenvalue weighted by molar-refractivity contribution is -0.113. The Morgan fingerprint density at radius 1 is 0.750 bits per heavy atom. The zero-order valence-electron chi connectivity index (χ0n) is 24.8. The van der Waals surface area contributed by atoms with Crippen molar-refractivity contribution >= 4 is 40.8 Å². The number of carbonyl (C=O) groups is 1. The molecule has 6 heteroatoms. The number of ketones is 1. The number of fused-ring (bicyclic) bond motifs is 5. The van der Waals surface area contributed by atoms with Gasteiger partial charge in [-0.1, -0.05) is 26.7 Å². The summed E-state index contributed by atoms with van der Waals surface area (Å²) >= 11 is 0. The molecule has 1 aromatic rings. The minimum Gasteiger partial charge on any atom is -0.512 e. The van der Waals surface area contributed by atoms with Gasteiger partial charge in [0, 0.05) is 16.5 Å². The number of nitrogens with one attached hydrogen (secondary N) is 1. The molecule has 0 saturated heterocycles. The van der Waals surface area contributed by atoms with E-state index in [1.165, 1.54) is 11.1 Å². The summed E-state index contributed by atoms with van der Waals surface area (Å²) in [5.74, 6) is 0.192. The van der Waals surface area contributed by atoms with Gasteiger partial charge < -0.3 is 10.1 Å². The lowest BCUT2D eigenvalue weighted by atomic mass is 9.96. The van der Waals surface area contributed by atoms with Gasteiger partial charge in [0.15, 0.2) is 5.78 Å². The molecule has 0 radical (unpaired) electrons. The van der Waals surface area contributed by atoms with Crippen LogP contribution in [-0.4, -0.2) is 33.0 Å². The molecule has 2 N–H and O–H groups in total. The lowest BCUT2D eigenvalue weighted by Crippen LogP contribution is -2.27. The normalized spacial score (nSPS) is 19.3. The summed E-state index contributed by atoms with van der Waals surface area (Å²) in [4.78, 5) is 31.4. The fourth-order valence-corrected chi connectivity index (χ4v) is 6.07. The highest BCUT2D eigenvalue weighted by Gasteiger charge is 2.27. The van der Waals surface area contributed by atoms with Crippen molar-refractivity contribution < 1.29 is 9.90 Å². The van der Waals surface area contributed by atoms with E-state index in [2.05, 4.69) is 38.8 Å². The highest BCUT2D eigenvalue weighted by molar-refractivity contribution is 6.24. The largest absolute Gasteiger partial charge is 0.512 e. The zero-order chi connectivity index (χ0) is 28.9. The number of H-pyrrole nitrogens is 1. The van der Waals surface area contributed by atoms with Crippen molar-refractivity contribution in [3.63, 3.8) is 0 Å². The third kappa shape index (κ3) is 4.55. The maximum absolute atomic E-state index is 12.8. The smallest absolute Gasteiger partial charge is 0.162 e. The van der Waals surface area contributed by atoms with Crippen LogP contribution in [0.4, 0.5) is 0 Å². The molecule has 0 aromatic carbocycles. The molecular weight excluding hydrogens is 496 g/mol. The SMILES string of the molecule is CCCC1=C(C)C2=NC1=CC1=NC(=CC3=NC(=Cc4[nH]c(/c(=C(/C)O)c4C)=C2)C(C(C)=O)=C3C)C(C)=C1CCC. The minimum atomic E-state index is -0.0323. The molecule has 5 rings (SSSR count). The topological polar surface area (TPSA) is 90.2 Å². The predicted octanol–water partition coefficient (Wildman–Crippen LogP) is 6.41. The molecule has 0 fully saturated rings. The number of aliphatic hydroxyl groups is 1. The second-order valence-corrected chi connectivity index (χ2v) is 11.0. The molecule has 4 aliphatic heterocycles. The van der Waals surface area contributed by atoms with Gasteiger partial charge in [0.05, 0.1) is 45.3 Å². The second-order valence-electron chi connectivity index (χ2n) is 11.0. The molecule has 0 unspecified atom stereocenters. The molecule has 8 bridgehead atoms. The summed E-state index contributed by atoms with van der Waals surface area (Å²) in [5.41, 5.74) is 12.9. The number of hydrogen-bond donors (Lipinski definition) is 2. The Balaban J connectivity index is 1.89. The van der Waals surface area contributed by atoms with Crippen LogP contribution in [-0.2, 0) is 4.79 Å². The first-order valence-corrected chi connectivity index (χ1v) is 14.2. The predicted molar refractivity (Wildman–Crippen MR) is 166 cm³/mol. The maximum atomic E-state index is 12.8. The van der Waals surface area contributed by atoms with E-state index < -0.39 is 0 Å². The van der Waals surface area contributed by atoms with Crippen molar-refractivity contribution in [3.05, 3.63) is 84.5 Å². The summed E-state index contributed by atoms with van der Waals surface area (Å²) in [6.07, 6.45) is 12.0. The third-order valence-corrected chi connectivity index (χ3v) is 8.17. The average Bonchev–Trinajstić information content (AvgIpc) is 3.55. The Labute approximate surface area is 236 Å². The molecule has 0 saturated carbocycles. The molecule has 0 spiro atoms. The molecule has 0 atom stereocenters. The average molecular weight is 535 g/mol. The molecular formula is C34H38N4O2. The van der Waals surface area contributed by atoms with Gasteiger partial charge in [-0.2, -0.15) is 0 Å². The summed E-state index contributed by atoms with van der Waals surface area (Å²) in [5, 5.41) is 12.2. The summed E-state index contributed by atoms with van der Waals surface area (Å²) in [6, 6.07) is 0. The Morgan fingerprint density at radius 2 is 1.35 bits per heavy atom. The van der Waals surface area contributed by atoms with Crippen molar-refractivity contribution in [2.45, 2.75) is 81.1 Å². The number of hydrogen-bond acceptors (Lipinski definition) is 5. The number of rotatable bonds is 5. The quantitative estimate of drug-likeness (QED) is 0.457. The van der Waals surface area contributed by atoms with Gasteiger partial charge in [-0.3, -0.25) is 4.79 Å². The molecule has 0 aliphatic carbocycles. The van der Waals surface area contributed by atoms with Crippen molar-refractivity contribution in [2.24, 2.45) is 15.0 Å². The van der Waals surface area contributed by atoms with E-state index >= 15 is 0 Å². The van der Waals surface area contributed by atoms with Crippen LogP contribution in [0.3, 0.4) is 0 Å². The van der Waals surface area contributed by atoms with Gasteiger partial charge in [0.1, 0.15) is 0 Å². The first-order valence-electron chi connectivity index (χ1n) is 14.2. The van der Waals surface area contributed by atoms with E-state index in [9.17, 15) is 9.90 Å². The number of aliphatic imine (C=N–C) groups is 3. The van der Waals surface area contributed by atoms with E-state index in [1.54, 1.807) is 13.8 Å². The van der Waals surface area contributed by atoms with Gasteiger partial charge in [-0.15, -0.1) is 0 Å². The summed E-state index contributed by atoms with van der Waals surface area (Å²) < 4.78 is 0. The Bertz CT molecular complexity index is 1770. The van der Waals surface area contributed by atoms with Gasteiger partial charge in [-0.25, -0.2) is 15.0 Å². The number of carbonyl (C=O) groups excluding carboxylic acids is 1. The molecule has 206 valence electrons. The van der Waals surface area contributed by atoms with Crippen LogP contribution >= 0.6 is 0 Å². The van der Waals surface area contributed by atoms with Gasteiger partial charge >= 0.3 is 0 Å². The fraction of sp³-hybridized carbons (Fsp3) is 0.353. The molecule has 40 heavy (non-hydrogen) atoms. The first-order chi connectivity index (χ1) is 19.0. The maximum Gasteiger partial charge on any atom is 0.162 e. The molecule has 5 heterocycles. The summed E-state index contributed by atoms with van der Waals surface area (Å²) in [7, 11) is 0. The molecule has 1 aromatic heterocycles. The van der Waals surface area contributed by atoms with Crippen LogP contribution < -0.4 is 10.6 Å². The lowest BCUT2D eigenvalue weighted by Gasteiger charge is -2.06. The number of allylic oxidation sites excluding steroid dienone is 8. The standard InChI is InChI=1S/C34H38N4O2/c1-9-11-23-17(3)25-13-27-19(5)33(21(7)39)32(37-27)15-28-20(6)34(22(8)40)31(38-28)14-26-18(4)24(12-10-2)30(36-26)16-29(23)35-25/h13-16,38,40H,9-12H2,1-8H3/b25-13?,30-16?,31-14?,32-15?,34-22-. The van der Waals surface area contributed by atoms with Crippen LogP contribution in [0.2, 0.25) is 0 Å². The fourth-order valence-electron chi connectivity index (χ4n) is 6.07. The van der Waals surface area contributed by atoms with Crippen molar-refractivity contribution in [3.8, 4) is 0 Å². The van der Waals surface area contributed by atoms with E-state index in [1.807, 2.05) is 32.1 Å². The van der Waals surface area contributed by atoms with Crippen LogP contribution in [0.5, 0.6) is 0 Å². The number of Topliss-reactive ketones (excluding diaryl/α,β-unsaturated/α-hetero) is 1. The Kier molecular flexibility index (Phi) is 7.21. The van der Waals surface area contributed by atoms with E-state index in [0.717, 1.165) is 92.8 Å². The third-order valence-electron chi connectivity index (χ3n) is 8.17. The van der Waals surface area contributed by atoms with Crippen LogP contribution in [0.15, 0.2) is 77.7 Å². The van der Waals surface area contributed by atoms with E-state index in [0.29, 0.717) is 11.3 Å². The van der Waals surface area contributed by atoms with E-state index in [4.69, 9.17) is 15.0 Å². The number of aromatic amines is 1. The highest BCUT2D eigenvalue weighted by atomic mass is 16.3. The molecule has 0 amide bonds. The van der Waals surface area contributed by atoms with E-state index in [-0.39, 0.29) is 11.5 Å². The number of aromatic nitrogens is 1. The Morgan fingerprint density at radius 3 is 2.00 bits per heavy atom. The van der Waals surface area contributed by atoms with Crippen LogP contribution in [0.1, 0.15) is 85.4 Å². The Hall–Kier alpha value is -4.06. The van der Waals surface area contributed by atoms with Crippen molar-refractivity contribution in [2.75, 3.05) is 0 Å². The first kappa shape index (κ1) is 27.5. The molecule has 4 aliphatic rings. The van der Waals surface area contributed by atoms with Crippen LogP contribution in [0, 0.1) is 6.92 Å². The number of nitrogens with zero attached hydrogens (tertiary/aromatic N) is 3. The monoisotopic (exact) mass is 534 g/mol.